The summed E-state index contributed by atoms with van der Waals surface area (Å²) >= 11 is 0. The zero-order valence-electron chi connectivity index (χ0n) is 19.1. The minimum atomic E-state index is -0.467. The second-order valence-electron chi connectivity index (χ2n) is 7.60. The molecule has 3 aromatic rings. The predicted molar refractivity (Wildman–Crippen MR) is 126 cm³/mol. The lowest BCUT2D eigenvalue weighted by atomic mass is 10.1. The highest BCUT2D eigenvalue weighted by Crippen LogP contribution is 2.30. The molecule has 0 fully saturated rings. The average molecular weight is 460 g/mol. The number of methoxy groups -OCH3 is 3. The number of hydrogen-bond donors (Lipinski definition) is 1. The van der Waals surface area contributed by atoms with Crippen LogP contribution in [0.5, 0.6) is 17.2 Å². The Hall–Kier alpha value is -4.33. The molecule has 0 unspecified atom stereocenters. The number of carbonyl (C=O) groups excluding carboxylic acids is 3. The molecule has 3 amide bonds. The van der Waals surface area contributed by atoms with Gasteiger partial charge in [-0.05, 0) is 66.6 Å². The zero-order chi connectivity index (χ0) is 24.2. The first-order chi connectivity index (χ1) is 16.5. The predicted octanol–water partition coefficient (Wildman–Crippen LogP) is 3.49. The molecule has 1 aliphatic heterocycles. The maximum absolute atomic E-state index is 13.0. The molecule has 0 saturated heterocycles. The molecule has 34 heavy (non-hydrogen) atoms. The minimum Gasteiger partial charge on any atom is -0.497 e. The summed E-state index contributed by atoms with van der Waals surface area (Å²) < 4.78 is 15.7. The molecule has 1 aliphatic rings. The monoisotopic (exact) mass is 460 g/mol. The van der Waals surface area contributed by atoms with E-state index in [1.165, 1.54) is 19.2 Å². The minimum absolute atomic E-state index is 0.202. The van der Waals surface area contributed by atoms with E-state index in [1.54, 1.807) is 44.6 Å². The van der Waals surface area contributed by atoms with Crippen LogP contribution in [0.2, 0.25) is 0 Å². The topological polar surface area (TPSA) is 94.2 Å². The lowest BCUT2D eigenvalue weighted by molar-refractivity contribution is 0.0923. The van der Waals surface area contributed by atoms with Gasteiger partial charge in [0.05, 0.1) is 38.1 Å². The first-order valence-corrected chi connectivity index (χ1v) is 10.6. The molecule has 174 valence electrons. The molecule has 4 rings (SSSR count). The fourth-order valence-corrected chi connectivity index (χ4v) is 3.81. The number of carbonyl (C=O) groups is 3. The van der Waals surface area contributed by atoms with Gasteiger partial charge in [-0.3, -0.25) is 14.4 Å². The van der Waals surface area contributed by atoms with Crippen molar-refractivity contribution >= 4 is 23.4 Å². The Bertz CT molecular complexity index is 1250. The highest BCUT2D eigenvalue weighted by Gasteiger charge is 2.37. The van der Waals surface area contributed by atoms with E-state index in [-0.39, 0.29) is 17.0 Å². The van der Waals surface area contributed by atoms with Crippen molar-refractivity contribution in [2.45, 2.75) is 6.42 Å². The van der Waals surface area contributed by atoms with Crippen molar-refractivity contribution in [2.24, 2.45) is 0 Å². The van der Waals surface area contributed by atoms with Crippen LogP contribution in [0.25, 0.3) is 0 Å². The lowest BCUT2D eigenvalue weighted by Crippen LogP contribution is -2.29. The van der Waals surface area contributed by atoms with Gasteiger partial charge in [-0.2, -0.15) is 0 Å². The fraction of sp³-hybridized carbons (Fsp3) is 0.192. The Kier molecular flexibility index (Phi) is 6.49. The van der Waals surface area contributed by atoms with Crippen molar-refractivity contribution in [2.75, 3.05) is 32.8 Å². The highest BCUT2D eigenvalue weighted by molar-refractivity contribution is 6.34. The molecule has 0 saturated carbocycles. The van der Waals surface area contributed by atoms with Gasteiger partial charge in [0.25, 0.3) is 17.7 Å². The lowest BCUT2D eigenvalue weighted by Gasteiger charge is -2.14. The number of benzene rings is 3. The summed E-state index contributed by atoms with van der Waals surface area (Å²) in [5.74, 6) is 0.653. The van der Waals surface area contributed by atoms with Crippen LogP contribution in [0.3, 0.4) is 0 Å². The van der Waals surface area contributed by atoms with E-state index >= 15 is 0 Å². The number of nitrogens with one attached hydrogen (secondary N) is 1. The summed E-state index contributed by atoms with van der Waals surface area (Å²) in [4.78, 5) is 39.6. The van der Waals surface area contributed by atoms with Crippen molar-refractivity contribution in [3.05, 3.63) is 82.9 Å². The number of nitrogens with zero attached hydrogens (tertiary/aromatic N) is 1. The van der Waals surface area contributed by atoms with Crippen LogP contribution >= 0.6 is 0 Å². The summed E-state index contributed by atoms with van der Waals surface area (Å²) in [7, 11) is 4.68. The summed E-state index contributed by atoms with van der Waals surface area (Å²) in [6.45, 7) is 0.385. The number of rotatable bonds is 8. The van der Waals surface area contributed by atoms with Gasteiger partial charge in [-0.1, -0.05) is 6.07 Å². The van der Waals surface area contributed by atoms with Crippen molar-refractivity contribution in [3.8, 4) is 17.2 Å². The number of fused-ring (bicyclic) bond motifs is 1. The van der Waals surface area contributed by atoms with Crippen LogP contribution in [0, 0.1) is 0 Å². The van der Waals surface area contributed by atoms with Gasteiger partial charge < -0.3 is 19.5 Å². The van der Waals surface area contributed by atoms with E-state index < -0.39 is 11.8 Å². The summed E-state index contributed by atoms with van der Waals surface area (Å²) in [6, 6.07) is 16.7. The van der Waals surface area contributed by atoms with Crippen LogP contribution in [-0.4, -0.2) is 45.6 Å². The van der Waals surface area contributed by atoms with Crippen LogP contribution in [0.4, 0.5) is 5.69 Å². The average Bonchev–Trinajstić information content (AvgIpc) is 3.13. The first-order valence-electron chi connectivity index (χ1n) is 10.6. The van der Waals surface area contributed by atoms with Crippen LogP contribution < -0.4 is 24.4 Å². The Balaban J connectivity index is 1.44. The molecule has 0 spiro atoms. The van der Waals surface area contributed by atoms with E-state index in [4.69, 9.17) is 14.2 Å². The SMILES string of the molecule is COc1ccc(N2C(=O)c3ccc(C(=O)NCCc4ccc(OC)c(OC)c4)cc3C2=O)cc1. The molecule has 1 N–H and O–H groups in total. The fourth-order valence-electron chi connectivity index (χ4n) is 3.81. The zero-order valence-corrected chi connectivity index (χ0v) is 19.1. The third-order valence-corrected chi connectivity index (χ3v) is 5.63. The normalized spacial score (nSPS) is 12.4. The number of anilines is 1. The Morgan fingerprint density at radius 3 is 2.18 bits per heavy atom. The van der Waals surface area contributed by atoms with Crippen molar-refractivity contribution in [3.63, 3.8) is 0 Å². The molecular weight excluding hydrogens is 436 g/mol. The van der Waals surface area contributed by atoms with E-state index in [1.807, 2.05) is 18.2 Å². The molecule has 3 aromatic carbocycles. The summed E-state index contributed by atoms with van der Waals surface area (Å²) in [5.41, 5.74) is 2.19. The molecule has 0 aromatic heterocycles. The van der Waals surface area contributed by atoms with Crippen molar-refractivity contribution in [1.29, 1.82) is 0 Å². The quantitative estimate of drug-likeness (QED) is 0.517. The second-order valence-corrected chi connectivity index (χ2v) is 7.60. The van der Waals surface area contributed by atoms with E-state index in [0.29, 0.717) is 41.5 Å². The largest absolute Gasteiger partial charge is 0.497 e. The molecule has 0 atom stereocenters. The van der Waals surface area contributed by atoms with E-state index in [2.05, 4.69) is 5.32 Å². The van der Waals surface area contributed by atoms with Crippen molar-refractivity contribution < 1.29 is 28.6 Å². The molecule has 0 radical (unpaired) electrons. The smallest absolute Gasteiger partial charge is 0.266 e. The number of ether oxygens (including phenoxy) is 3. The van der Waals surface area contributed by atoms with Gasteiger partial charge in [0, 0.05) is 12.1 Å². The van der Waals surface area contributed by atoms with Gasteiger partial charge in [0.2, 0.25) is 0 Å². The number of amides is 3. The van der Waals surface area contributed by atoms with Gasteiger partial charge in [0.15, 0.2) is 11.5 Å². The summed E-state index contributed by atoms with van der Waals surface area (Å²) in [6.07, 6.45) is 0.583. The Morgan fingerprint density at radius 1 is 0.794 bits per heavy atom. The highest BCUT2D eigenvalue weighted by atomic mass is 16.5. The molecule has 1 heterocycles. The van der Waals surface area contributed by atoms with Gasteiger partial charge in [0.1, 0.15) is 5.75 Å². The Labute approximate surface area is 197 Å². The van der Waals surface area contributed by atoms with Crippen LogP contribution in [0.1, 0.15) is 36.6 Å². The van der Waals surface area contributed by atoms with E-state index in [0.717, 1.165) is 10.5 Å². The van der Waals surface area contributed by atoms with Crippen LogP contribution in [-0.2, 0) is 6.42 Å². The molecule has 8 nitrogen and oxygen atoms in total. The first kappa shape index (κ1) is 22.8. The van der Waals surface area contributed by atoms with Gasteiger partial charge in [-0.25, -0.2) is 4.90 Å². The molecule has 8 heteroatoms. The molecule has 0 bridgehead atoms. The third kappa shape index (κ3) is 4.30. The second kappa shape index (κ2) is 9.66. The molecule has 0 aliphatic carbocycles. The van der Waals surface area contributed by atoms with Crippen molar-refractivity contribution in [1.82, 2.24) is 5.32 Å². The Morgan fingerprint density at radius 2 is 1.50 bits per heavy atom. The maximum Gasteiger partial charge on any atom is 0.266 e. The third-order valence-electron chi connectivity index (χ3n) is 5.63. The maximum atomic E-state index is 13.0. The summed E-state index contributed by atoms with van der Waals surface area (Å²) in [5, 5.41) is 2.85. The van der Waals surface area contributed by atoms with Gasteiger partial charge in [-0.15, -0.1) is 0 Å². The number of imide groups is 1. The van der Waals surface area contributed by atoms with Gasteiger partial charge >= 0.3 is 0 Å². The van der Waals surface area contributed by atoms with Crippen LogP contribution in [0.15, 0.2) is 60.7 Å². The standard InChI is InChI=1S/C26H24N2O6/c1-32-19-8-6-18(7-9-19)28-25(30)20-10-5-17(15-21(20)26(28)31)24(29)27-13-12-16-4-11-22(33-2)23(14-16)34-3/h4-11,14-15H,12-13H2,1-3H3,(H,27,29). The van der Waals surface area contributed by atoms with E-state index in [9.17, 15) is 14.4 Å². The molecular formula is C26H24N2O6. The number of hydrogen-bond acceptors (Lipinski definition) is 6.